The minimum atomic E-state index is 1.06. The number of fused-ring (bicyclic) bond motifs is 1. The Balaban J connectivity index is 2.41. The Labute approximate surface area is 91.3 Å². The first-order chi connectivity index (χ1) is 7.24. The van der Waals surface area contributed by atoms with Crippen molar-refractivity contribution in [3.05, 3.63) is 5.69 Å². The SMILES string of the molecule is CCCc1nn(C)c2c1NCCCN2C. The lowest BCUT2D eigenvalue weighted by Crippen LogP contribution is -2.20. The van der Waals surface area contributed by atoms with E-state index in [1.165, 1.54) is 23.6 Å². The number of nitrogens with one attached hydrogen (secondary N) is 1. The number of aromatic nitrogens is 2. The maximum Gasteiger partial charge on any atom is 0.150 e. The summed E-state index contributed by atoms with van der Waals surface area (Å²) >= 11 is 0. The molecule has 0 saturated heterocycles. The number of hydrogen-bond acceptors (Lipinski definition) is 3. The van der Waals surface area contributed by atoms with Gasteiger partial charge in [0.2, 0.25) is 0 Å². The van der Waals surface area contributed by atoms with E-state index in [-0.39, 0.29) is 0 Å². The van der Waals surface area contributed by atoms with E-state index in [1.54, 1.807) is 0 Å². The third-order valence-electron chi connectivity index (χ3n) is 2.91. The van der Waals surface area contributed by atoms with Gasteiger partial charge in [0.15, 0.2) is 0 Å². The van der Waals surface area contributed by atoms with E-state index in [0.717, 1.165) is 25.9 Å². The van der Waals surface area contributed by atoms with Crippen LogP contribution in [0.3, 0.4) is 0 Å². The molecular weight excluding hydrogens is 188 g/mol. The van der Waals surface area contributed by atoms with Gasteiger partial charge in [0.1, 0.15) is 11.5 Å². The van der Waals surface area contributed by atoms with Gasteiger partial charge in [-0.3, -0.25) is 4.68 Å². The van der Waals surface area contributed by atoms with Gasteiger partial charge < -0.3 is 10.2 Å². The van der Waals surface area contributed by atoms with Crippen LogP contribution in [0.5, 0.6) is 0 Å². The molecule has 0 aromatic carbocycles. The molecule has 1 aliphatic rings. The van der Waals surface area contributed by atoms with E-state index in [0.29, 0.717) is 0 Å². The quantitative estimate of drug-likeness (QED) is 0.802. The minimum Gasteiger partial charge on any atom is -0.380 e. The summed E-state index contributed by atoms with van der Waals surface area (Å²) in [6, 6.07) is 0. The first-order valence-corrected chi connectivity index (χ1v) is 5.75. The number of rotatable bonds is 2. The zero-order chi connectivity index (χ0) is 10.8. The summed E-state index contributed by atoms with van der Waals surface area (Å²) in [5.41, 5.74) is 2.46. The van der Waals surface area contributed by atoms with Gasteiger partial charge in [-0.05, 0) is 12.8 Å². The molecule has 0 aliphatic carbocycles. The summed E-state index contributed by atoms with van der Waals surface area (Å²) in [6.07, 6.45) is 3.40. The van der Waals surface area contributed by atoms with Crippen LogP contribution in [0.15, 0.2) is 0 Å². The van der Waals surface area contributed by atoms with E-state index in [2.05, 4.69) is 29.3 Å². The van der Waals surface area contributed by atoms with E-state index in [1.807, 2.05) is 11.7 Å². The molecule has 15 heavy (non-hydrogen) atoms. The summed E-state index contributed by atoms with van der Waals surface area (Å²) < 4.78 is 2.00. The maximum absolute atomic E-state index is 4.59. The van der Waals surface area contributed by atoms with Crippen molar-refractivity contribution in [1.82, 2.24) is 9.78 Å². The molecule has 0 radical (unpaired) electrons. The zero-order valence-electron chi connectivity index (χ0n) is 9.88. The van der Waals surface area contributed by atoms with Gasteiger partial charge in [-0.25, -0.2) is 0 Å². The molecular formula is C11H20N4. The maximum atomic E-state index is 4.59. The van der Waals surface area contributed by atoms with Crippen molar-refractivity contribution in [2.45, 2.75) is 26.2 Å². The van der Waals surface area contributed by atoms with Crippen LogP contribution in [0.4, 0.5) is 11.5 Å². The third kappa shape index (κ3) is 1.80. The number of anilines is 2. The average molecular weight is 208 g/mol. The lowest BCUT2D eigenvalue weighted by molar-refractivity contribution is 0.706. The van der Waals surface area contributed by atoms with Crippen LogP contribution in [0.25, 0.3) is 0 Å². The van der Waals surface area contributed by atoms with Crippen LogP contribution in [0.1, 0.15) is 25.5 Å². The topological polar surface area (TPSA) is 33.1 Å². The summed E-state index contributed by atoms with van der Waals surface area (Å²) in [4.78, 5) is 2.29. The van der Waals surface area contributed by atoms with E-state index < -0.39 is 0 Å². The second kappa shape index (κ2) is 4.13. The molecule has 1 N–H and O–H groups in total. The molecule has 1 aliphatic heterocycles. The molecule has 4 nitrogen and oxygen atoms in total. The fourth-order valence-corrected chi connectivity index (χ4v) is 2.24. The van der Waals surface area contributed by atoms with Crippen LogP contribution in [0, 0.1) is 0 Å². The fraction of sp³-hybridized carbons (Fsp3) is 0.727. The van der Waals surface area contributed by atoms with Gasteiger partial charge in [-0.15, -0.1) is 0 Å². The van der Waals surface area contributed by atoms with Gasteiger partial charge in [0.05, 0.1) is 5.69 Å². The molecule has 0 saturated carbocycles. The highest BCUT2D eigenvalue weighted by Crippen LogP contribution is 2.30. The summed E-state index contributed by atoms with van der Waals surface area (Å²) in [5.74, 6) is 1.23. The van der Waals surface area contributed by atoms with Crippen molar-refractivity contribution in [2.24, 2.45) is 7.05 Å². The number of nitrogens with zero attached hydrogens (tertiary/aromatic N) is 3. The fourth-order valence-electron chi connectivity index (χ4n) is 2.24. The van der Waals surface area contributed by atoms with Crippen molar-refractivity contribution >= 4 is 11.5 Å². The molecule has 84 valence electrons. The van der Waals surface area contributed by atoms with Crippen LogP contribution >= 0.6 is 0 Å². The first kappa shape index (κ1) is 10.3. The molecule has 0 bridgehead atoms. The summed E-state index contributed by atoms with van der Waals surface area (Å²) in [7, 11) is 4.17. The van der Waals surface area contributed by atoms with Crippen molar-refractivity contribution < 1.29 is 0 Å². The molecule has 0 amide bonds. The first-order valence-electron chi connectivity index (χ1n) is 5.75. The number of hydrogen-bond donors (Lipinski definition) is 1. The highest BCUT2D eigenvalue weighted by atomic mass is 15.4. The molecule has 0 spiro atoms. The monoisotopic (exact) mass is 208 g/mol. The normalized spacial score (nSPS) is 15.8. The van der Waals surface area contributed by atoms with Crippen molar-refractivity contribution in [3.63, 3.8) is 0 Å². The molecule has 2 heterocycles. The molecule has 0 unspecified atom stereocenters. The molecule has 1 aromatic rings. The van der Waals surface area contributed by atoms with Crippen molar-refractivity contribution in [2.75, 3.05) is 30.4 Å². The highest BCUT2D eigenvalue weighted by molar-refractivity contribution is 5.70. The molecule has 2 rings (SSSR count). The molecule has 0 fully saturated rings. The Bertz CT molecular complexity index is 343. The number of aryl methyl sites for hydroxylation is 2. The Hall–Kier alpha value is -1.19. The van der Waals surface area contributed by atoms with E-state index in [4.69, 9.17) is 0 Å². The predicted octanol–water partition coefficient (Wildman–Crippen LogP) is 1.62. The Kier molecular flexibility index (Phi) is 2.84. The van der Waals surface area contributed by atoms with Crippen LogP contribution in [-0.4, -0.2) is 29.9 Å². The van der Waals surface area contributed by atoms with Crippen molar-refractivity contribution in [1.29, 1.82) is 0 Å². The molecule has 1 aromatic heterocycles. The molecule has 4 heteroatoms. The second-order valence-corrected chi connectivity index (χ2v) is 4.22. The Morgan fingerprint density at radius 3 is 2.93 bits per heavy atom. The average Bonchev–Trinajstić information content (AvgIpc) is 2.40. The third-order valence-corrected chi connectivity index (χ3v) is 2.91. The van der Waals surface area contributed by atoms with Crippen molar-refractivity contribution in [3.8, 4) is 0 Å². The van der Waals surface area contributed by atoms with E-state index in [9.17, 15) is 0 Å². The summed E-state index contributed by atoms with van der Waals surface area (Å²) in [6.45, 7) is 4.35. The minimum absolute atomic E-state index is 1.06. The van der Waals surface area contributed by atoms with Gasteiger partial charge in [0, 0.05) is 27.2 Å². The Morgan fingerprint density at radius 1 is 1.40 bits per heavy atom. The van der Waals surface area contributed by atoms with Crippen LogP contribution < -0.4 is 10.2 Å². The second-order valence-electron chi connectivity index (χ2n) is 4.22. The van der Waals surface area contributed by atoms with Gasteiger partial charge in [-0.2, -0.15) is 5.10 Å². The lowest BCUT2D eigenvalue weighted by atomic mass is 10.2. The smallest absolute Gasteiger partial charge is 0.150 e. The Morgan fingerprint density at radius 2 is 2.20 bits per heavy atom. The van der Waals surface area contributed by atoms with Gasteiger partial charge in [0.25, 0.3) is 0 Å². The standard InChI is InChI=1S/C11H20N4/c1-4-6-9-10-11(15(3)13-9)14(2)8-5-7-12-10/h12H,4-8H2,1-3H3. The molecule has 0 atom stereocenters. The van der Waals surface area contributed by atoms with E-state index >= 15 is 0 Å². The van der Waals surface area contributed by atoms with Gasteiger partial charge >= 0.3 is 0 Å². The predicted molar refractivity (Wildman–Crippen MR) is 63.6 cm³/mol. The van der Waals surface area contributed by atoms with Crippen LogP contribution in [0.2, 0.25) is 0 Å². The lowest BCUT2D eigenvalue weighted by Gasteiger charge is -2.16. The van der Waals surface area contributed by atoms with Crippen LogP contribution in [-0.2, 0) is 13.5 Å². The largest absolute Gasteiger partial charge is 0.380 e. The summed E-state index contributed by atoms with van der Waals surface area (Å²) in [5, 5.41) is 8.09. The zero-order valence-corrected chi connectivity index (χ0v) is 9.88. The van der Waals surface area contributed by atoms with Gasteiger partial charge in [-0.1, -0.05) is 13.3 Å². The highest BCUT2D eigenvalue weighted by Gasteiger charge is 2.20.